The number of nitrogens with zero attached hydrogens (tertiary/aromatic N) is 6. The molecular formula is C56H70F4N6O7. The van der Waals surface area contributed by atoms with Crippen LogP contribution in [0.3, 0.4) is 0 Å². The Bertz CT molecular complexity index is 2650. The van der Waals surface area contributed by atoms with Crippen LogP contribution >= 0.6 is 0 Å². The number of halogens is 4. The molecule has 4 saturated heterocycles. The van der Waals surface area contributed by atoms with Crippen LogP contribution in [0.5, 0.6) is 11.8 Å². The summed E-state index contributed by atoms with van der Waals surface area (Å²) in [5.41, 5.74) is -0.778. The molecule has 2 bridgehead atoms. The zero-order valence-electron chi connectivity index (χ0n) is 42.5. The number of rotatable bonds is 25. The summed E-state index contributed by atoms with van der Waals surface area (Å²) in [5, 5.41) is 0.996. The molecule has 1 amide bonds. The summed E-state index contributed by atoms with van der Waals surface area (Å²) in [6.07, 6.45) is 18.4. The van der Waals surface area contributed by atoms with Crippen molar-refractivity contribution in [2.24, 2.45) is 0 Å². The fourth-order valence-corrected chi connectivity index (χ4v) is 11.4. The van der Waals surface area contributed by atoms with Crippen LogP contribution in [0.15, 0.2) is 48.7 Å². The monoisotopic (exact) mass is 1010 g/mol. The van der Waals surface area contributed by atoms with Crippen LogP contribution < -0.4 is 14.4 Å². The van der Waals surface area contributed by atoms with Crippen molar-refractivity contribution in [1.82, 2.24) is 24.8 Å². The molecule has 3 atom stereocenters. The summed E-state index contributed by atoms with van der Waals surface area (Å²) >= 11 is 0. The van der Waals surface area contributed by atoms with Gasteiger partial charge in [-0.25, -0.2) is 13.6 Å². The van der Waals surface area contributed by atoms with Crippen molar-refractivity contribution >= 4 is 51.6 Å². The highest BCUT2D eigenvalue weighted by molar-refractivity contribution is 6.04. The number of pyridine rings is 1. The van der Waals surface area contributed by atoms with E-state index in [-0.39, 0.29) is 103 Å². The van der Waals surface area contributed by atoms with Crippen LogP contribution in [0, 0.1) is 11.6 Å². The Morgan fingerprint density at radius 3 is 2.19 bits per heavy atom. The molecule has 73 heavy (non-hydrogen) atoms. The maximum absolute atomic E-state index is 17.7. The minimum absolute atomic E-state index is 0.0261. The molecule has 0 N–H and O–H groups in total. The van der Waals surface area contributed by atoms with Gasteiger partial charge in [0, 0.05) is 60.8 Å². The SMILES string of the molecule is C=Cc1c(F)ccc2cc(OC(=O)CCCCCCCCC)cc(-c3ncc4c(N5CC6CCC(C5)N6C(=O)OCOC(=O)CCCCCCCCC)nc(OCC56CCCN5CC(=C(F)F)C6)nc4c3F)c12. The first-order chi connectivity index (χ1) is 35.4. The van der Waals surface area contributed by atoms with Gasteiger partial charge in [-0.2, -0.15) is 18.7 Å². The molecule has 4 aliphatic rings. The van der Waals surface area contributed by atoms with E-state index in [1.807, 2.05) is 9.80 Å². The normalized spacial score (nSPS) is 19.5. The lowest BCUT2D eigenvalue weighted by molar-refractivity contribution is -0.152. The van der Waals surface area contributed by atoms with Crippen molar-refractivity contribution in [3.63, 3.8) is 0 Å². The van der Waals surface area contributed by atoms with Crippen LogP contribution in [-0.2, 0) is 19.1 Å². The van der Waals surface area contributed by atoms with Crippen molar-refractivity contribution in [3.05, 3.63) is 65.9 Å². The Hall–Kier alpha value is -5.84. The van der Waals surface area contributed by atoms with Crippen LogP contribution in [-0.4, -0.2) is 100.0 Å². The van der Waals surface area contributed by atoms with Gasteiger partial charge >= 0.3 is 24.0 Å². The quantitative estimate of drug-likeness (QED) is 0.0205. The standard InChI is InChI=1S/C56H70F4N6O7/c1-4-7-9-11-13-15-17-20-46(67)71-36-72-55(69)66-39-23-24-40(66)34-64(33-39)53-44-31-61-50(49(58)51(44)62-54(63-53)70-35-56-26-19-27-65(56)32-38(30-56)52(59)60)43-29-41(28-37-22-25-45(57)42(6-3)48(37)43)73-47(68)21-18-16-14-12-10-8-5-2/h6,22,25,28-29,31,39-40H,3-5,7-21,23-24,26-27,30,32-36H2,1-2H3. The Morgan fingerprint density at radius 2 is 1.52 bits per heavy atom. The molecule has 17 heteroatoms. The summed E-state index contributed by atoms with van der Waals surface area (Å²) in [4.78, 5) is 58.9. The third kappa shape index (κ3) is 12.6. The average Bonchev–Trinajstić information content (AvgIpc) is 4.03. The van der Waals surface area contributed by atoms with Crippen LogP contribution in [0.1, 0.15) is 154 Å². The third-order valence-corrected chi connectivity index (χ3v) is 15.2. The van der Waals surface area contributed by atoms with Crippen LogP contribution in [0.4, 0.5) is 28.2 Å². The van der Waals surface area contributed by atoms with E-state index in [4.69, 9.17) is 23.9 Å². The molecule has 13 nitrogen and oxygen atoms in total. The van der Waals surface area contributed by atoms with Crippen LogP contribution in [0.2, 0.25) is 0 Å². The molecule has 0 saturated carbocycles. The zero-order valence-corrected chi connectivity index (χ0v) is 42.5. The summed E-state index contributed by atoms with van der Waals surface area (Å²) in [6, 6.07) is 5.04. The molecule has 4 aromatic rings. The number of esters is 2. The minimum atomic E-state index is -1.70. The lowest BCUT2D eigenvalue weighted by atomic mass is 9.94. The highest BCUT2D eigenvalue weighted by atomic mass is 19.3. The molecule has 0 aliphatic carbocycles. The first kappa shape index (κ1) is 53.5. The van der Waals surface area contributed by atoms with Gasteiger partial charge < -0.3 is 23.8 Å². The largest absolute Gasteiger partial charge is 0.461 e. The van der Waals surface area contributed by atoms with E-state index in [0.29, 0.717) is 55.2 Å². The van der Waals surface area contributed by atoms with Gasteiger partial charge in [-0.3, -0.25) is 24.4 Å². The lowest BCUT2D eigenvalue weighted by Gasteiger charge is -2.41. The molecule has 6 heterocycles. The van der Waals surface area contributed by atoms with Gasteiger partial charge in [0.2, 0.25) is 6.79 Å². The van der Waals surface area contributed by atoms with E-state index in [2.05, 4.69) is 30.4 Å². The second-order valence-electron chi connectivity index (χ2n) is 20.3. The molecule has 0 radical (unpaired) electrons. The second kappa shape index (κ2) is 24.9. The number of hydrogen-bond acceptors (Lipinski definition) is 12. The van der Waals surface area contributed by atoms with Crippen molar-refractivity contribution < 1.29 is 50.9 Å². The summed E-state index contributed by atoms with van der Waals surface area (Å²) in [6.45, 7) is 8.97. The van der Waals surface area contributed by atoms with E-state index in [1.165, 1.54) is 56.2 Å². The van der Waals surface area contributed by atoms with E-state index >= 15 is 8.78 Å². The number of anilines is 1. The van der Waals surface area contributed by atoms with Crippen molar-refractivity contribution in [2.45, 2.75) is 166 Å². The van der Waals surface area contributed by atoms with Crippen molar-refractivity contribution in [3.8, 4) is 23.0 Å². The topological polar surface area (TPSA) is 137 Å². The summed E-state index contributed by atoms with van der Waals surface area (Å²) in [5.74, 6) is -1.91. The predicted octanol–water partition coefficient (Wildman–Crippen LogP) is 13.0. The second-order valence-corrected chi connectivity index (χ2v) is 20.3. The lowest BCUT2D eigenvalue weighted by Crippen LogP contribution is -2.56. The molecule has 2 aromatic carbocycles. The minimum Gasteiger partial charge on any atom is -0.461 e. The molecule has 4 aliphatic heterocycles. The fraction of sp³-hybridized carbons (Fsp3) is 0.571. The molecule has 4 fully saturated rings. The van der Waals surface area contributed by atoms with Gasteiger partial charge in [-0.1, -0.05) is 110 Å². The number of aromatic nitrogens is 3. The molecular weight excluding hydrogens is 945 g/mol. The van der Waals surface area contributed by atoms with E-state index in [9.17, 15) is 23.2 Å². The van der Waals surface area contributed by atoms with Gasteiger partial charge in [0.25, 0.3) is 6.08 Å². The van der Waals surface area contributed by atoms with E-state index < -0.39 is 48.1 Å². The number of benzene rings is 2. The zero-order chi connectivity index (χ0) is 51.5. The molecule has 0 spiro atoms. The third-order valence-electron chi connectivity index (χ3n) is 15.2. The Kier molecular flexibility index (Phi) is 18.3. The van der Waals surface area contributed by atoms with Crippen LogP contribution in [0.25, 0.3) is 39.0 Å². The van der Waals surface area contributed by atoms with Gasteiger partial charge in [0.05, 0.1) is 23.0 Å². The van der Waals surface area contributed by atoms with E-state index in [0.717, 1.165) is 57.8 Å². The molecule has 8 rings (SSSR count). The van der Waals surface area contributed by atoms with Gasteiger partial charge in [0.1, 0.15) is 35.2 Å². The van der Waals surface area contributed by atoms with Gasteiger partial charge in [-0.15, -0.1) is 0 Å². The smallest absolute Gasteiger partial charge is 0.413 e. The van der Waals surface area contributed by atoms with Gasteiger partial charge in [0.15, 0.2) is 5.82 Å². The van der Waals surface area contributed by atoms with Crippen molar-refractivity contribution in [2.75, 3.05) is 44.5 Å². The number of ether oxygens (including phenoxy) is 4. The number of carbonyl (C=O) groups excluding carboxylic acids is 3. The maximum Gasteiger partial charge on any atom is 0.413 e. The van der Waals surface area contributed by atoms with Gasteiger partial charge in [-0.05, 0) is 75.1 Å². The Balaban J connectivity index is 1.07. The number of hydrogen-bond donors (Lipinski definition) is 0. The maximum atomic E-state index is 17.7. The number of fused-ring (bicyclic) bond motifs is 5. The first-order valence-electron chi connectivity index (χ1n) is 26.7. The Morgan fingerprint density at radius 1 is 0.849 bits per heavy atom. The average molecular weight is 1020 g/mol. The number of piperazine rings is 1. The Labute approximate surface area is 425 Å². The summed E-state index contributed by atoms with van der Waals surface area (Å²) in [7, 11) is 0. The highest BCUT2D eigenvalue weighted by Crippen LogP contribution is 2.44. The number of amides is 1. The number of unbranched alkanes of at least 4 members (excludes halogenated alkanes) is 12. The molecule has 394 valence electrons. The van der Waals surface area contributed by atoms with E-state index in [1.54, 1.807) is 11.0 Å². The summed E-state index contributed by atoms with van der Waals surface area (Å²) < 4.78 is 84.2. The highest BCUT2D eigenvalue weighted by Gasteiger charge is 2.49. The van der Waals surface area contributed by atoms with Crippen molar-refractivity contribution in [1.29, 1.82) is 0 Å². The molecule has 3 unspecified atom stereocenters. The fourth-order valence-electron chi connectivity index (χ4n) is 11.4. The first-order valence-corrected chi connectivity index (χ1v) is 26.7. The number of carbonyl (C=O) groups is 3. The predicted molar refractivity (Wildman–Crippen MR) is 272 cm³/mol. The molecule has 2 aromatic heterocycles.